The van der Waals surface area contributed by atoms with E-state index in [-0.39, 0.29) is 12.3 Å². The monoisotopic (exact) mass is 910 g/mol. The molecule has 9 saturated carbocycles. The van der Waals surface area contributed by atoms with E-state index in [4.69, 9.17) is 0 Å². The molecule has 3 heterocycles. The van der Waals surface area contributed by atoms with Crippen molar-refractivity contribution in [2.75, 3.05) is 4.81 Å². The quantitative estimate of drug-likeness (QED) is 0.151. The van der Waals surface area contributed by atoms with Crippen LogP contribution >= 0.6 is 0 Å². The molecule has 0 saturated heterocycles. The van der Waals surface area contributed by atoms with Crippen LogP contribution in [-0.2, 0) is 10.8 Å². The van der Waals surface area contributed by atoms with Crippen molar-refractivity contribution in [2.24, 2.45) is 46.3 Å². The highest BCUT2D eigenvalue weighted by Crippen LogP contribution is 2.85. The van der Waals surface area contributed by atoms with E-state index in [2.05, 4.69) is 185 Å². The van der Waals surface area contributed by atoms with E-state index in [1.54, 1.807) is 11.1 Å². The van der Waals surface area contributed by atoms with Gasteiger partial charge in [0, 0.05) is 33.4 Å². The van der Waals surface area contributed by atoms with Gasteiger partial charge < -0.3 is 9.38 Å². The molecular formula is C68H55BN2. The summed E-state index contributed by atoms with van der Waals surface area (Å²) >= 11 is 0. The first-order valence-electron chi connectivity index (χ1n) is 27.5. The highest BCUT2D eigenvalue weighted by Gasteiger charge is 2.78. The number of hydrogen-bond donors (Lipinski definition) is 0. The van der Waals surface area contributed by atoms with Crippen LogP contribution in [0.3, 0.4) is 0 Å². The van der Waals surface area contributed by atoms with Crippen LogP contribution in [0.25, 0.3) is 72.0 Å². The summed E-state index contributed by atoms with van der Waals surface area (Å²) in [4.78, 5) is 2.78. The fraction of sp³-hybridized carbons (Fsp3) is 0.294. The van der Waals surface area contributed by atoms with Crippen molar-refractivity contribution in [3.05, 3.63) is 187 Å². The molecule has 9 aromatic rings. The van der Waals surface area contributed by atoms with Crippen LogP contribution in [0.15, 0.2) is 176 Å². The molecule has 71 heavy (non-hydrogen) atoms. The van der Waals surface area contributed by atoms with E-state index in [9.17, 15) is 0 Å². The van der Waals surface area contributed by atoms with Crippen LogP contribution in [0, 0.1) is 46.3 Å². The summed E-state index contributed by atoms with van der Waals surface area (Å²) in [5.74, 6) is 5.81. The van der Waals surface area contributed by atoms with Crippen LogP contribution in [0.1, 0.15) is 75.3 Å². The zero-order chi connectivity index (χ0) is 45.7. The van der Waals surface area contributed by atoms with Crippen LogP contribution in [0.2, 0.25) is 0 Å². The number of nitrogens with zero attached hydrogens (tertiary/aromatic N) is 2. The Kier molecular flexibility index (Phi) is 6.73. The van der Waals surface area contributed by atoms with Crippen LogP contribution in [0.5, 0.6) is 0 Å². The second kappa shape index (κ2) is 12.5. The lowest BCUT2D eigenvalue weighted by molar-refractivity contribution is -0.175. The molecule has 9 aliphatic carbocycles. The molecule has 0 radical (unpaired) electrons. The number of aromatic nitrogens is 1. The van der Waals surface area contributed by atoms with Crippen molar-refractivity contribution in [1.29, 1.82) is 0 Å². The van der Waals surface area contributed by atoms with Crippen molar-refractivity contribution in [3.8, 4) is 50.2 Å². The van der Waals surface area contributed by atoms with E-state index < -0.39 is 0 Å². The maximum Gasteiger partial charge on any atom is 0.333 e. The van der Waals surface area contributed by atoms with Gasteiger partial charge in [0.05, 0.1) is 11.0 Å². The molecule has 0 amide bonds. The second-order valence-corrected chi connectivity index (χ2v) is 25.3. The molecule has 1 aromatic heterocycles. The summed E-state index contributed by atoms with van der Waals surface area (Å²) in [5, 5.41) is 3.00. The molecule has 20 rings (SSSR count). The Morgan fingerprint density at radius 2 is 1.10 bits per heavy atom. The fourth-order valence-corrected chi connectivity index (χ4v) is 20.4. The third-order valence-corrected chi connectivity index (χ3v) is 23.0. The molecular weight excluding hydrogens is 856 g/mol. The lowest BCUT2D eigenvalue weighted by Crippen LogP contribution is -2.61. The largest absolute Gasteiger partial charge is 0.376 e. The Labute approximate surface area is 416 Å². The molecule has 9 fully saturated rings. The zero-order valence-corrected chi connectivity index (χ0v) is 40.3. The maximum absolute atomic E-state index is 2.82. The average molecular weight is 911 g/mol. The van der Waals surface area contributed by atoms with Gasteiger partial charge >= 0.3 is 6.85 Å². The molecule has 2 aliphatic heterocycles. The molecule has 7 atom stereocenters. The first-order chi connectivity index (χ1) is 35.0. The van der Waals surface area contributed by atoms with Gasteiger partial charge in [0.25, 0.3) is 0 Å². The normalized spacial score (nSPS) is 32.7. The zero-order valence-electron chi connectivity index (χ0n) is 40.3. The molecule has 5 bridgehead atoms. The summed E-state index contributed by atoms with van der Waals surface area (Å²) < 4.78 is 2.78. The summed E-state index contributed by atoms with van der Waals surface area (Å²) in [6.45, 7) is -0.00897. The Morgan fingerprint density at radius 3 is 1.80 bits per heavy atom. The minimum absolute atomic E-state index is 0.00897. The molecule has 7 unspecified atom stereocenters. The van der Waals surface area contributed by atoms with E-state index in [0.717, 1.165) is 35.5 Å². The molecule has 11 aliphatic rings. The van der Waals surface area contributed by atoms with E-state index in [1.807, 2.05) is 0 Å². The van der Waals surface area contributed by atoms with Gasteiger partial charge in [-0.1, -0.05) is 121 Å². The summed E-state index contributed by atoms with van der Waals surface area (Å²) in [5.41, 5.74) is 25.2. The Morgan fingerprint density at radius 1 is 0.451 bits per heavy atom. The minimum Gasteiger partial charge on any atom is -0.376 e. The van der Waals surface area contributed by atoms with E-state index in [0.29, 0.717) is 16.2 Å². The van der Waals surface area contributed by atoms with Gasteiger partial charge in [0.15, 0.2) is 0 Å². The van der Waals surface area contributed by atoms with Crippen LogP contribution < -0.4 is 15.7 Å². The predicted molar refractivity (Wildman–Crippen MR) is 291 cm³/mol. The van der Waals surface area contributed by atoms with Gasteiger partial charge in [-0.25, -0.2) is 0 Å². The lowest BCUT2D eigenvalue weighted by Gasteiger charge is -2.66. The SMILES string of the molecule is c1ccc(-c2ccc(N3B4c5c(cc(-c6ccccc6)cc5-n5c6ccc(C78CC9CC%10CC9(C7)C%10C8)cc6c6cc(C78CC9CC%10CC(C7)C%109C8)cc4c65)-c4cc(-c5ccccc5)ccc43)cc2)cc1. The number of benzene rings is 8. The van der Waals surface area contributed by atoms with Crippen molar-refractivity contribution in [1.82, 2.24) is 4.57 Å². The first-order valence-corrected chi connectivity index (χ1v) is 27.5. The Bertz CT molecular complexity index is 3820. The number of hydrogen-bond acceptors (Lipinski definition) is 1. The number of fused-ring (bicyclic) bond motifs is 9. The van der Waals surface area contributed by atoms with Crippen molar-refractivity contribution >= 4 is 51.0 Å². The molecule has 0 N–H and O–H groups in total. The third kappa shape index (κ3) is 4.43. The standard InChI is InChI=1S/C68H55BN2/c1-4-10-40(11-5-1)43-16-20-53(21-17-43)71-61-22-18-44(41-12-6-2-7-13-41)25-54(61)56-26-45(42-14-8-3-9-15-42)27-62-63(56)69(71)59-32-48(65-35-51-28-49-29-52(36-65)68(49,51)39-65)31-57-55-30-47(19-23-60(55)70(62)64(57)59)66-34-50-24-46-33-67(50,38-66)58(46)37-66/h1-23,25-27,30-32,46,49-52,58H,24,28-29,33-39H2. The smallest absolute Gasteiger partial charge is 0.333 e. The average Bonchev–Trinajstić information content (AvgIpc) is 4.31. The Balaban J connectivity index is 0.913. The topological polar surface area (TPSA) is 8.17 Å². The van der Waals surface area contributed by atoms with Crippen LogP contribution in [0.4, 0.5) is 11.4 Å². The molecule has 2 spiro atoms. The number of rotatable bonds is 6. The summed E-state index contributed by atoms with van der Waals surface area (Å²) in [7, 11) is 0. The van der Waals surface area contributed by atoms with E-state index >= 15 is 0 Å². The van der Waals surface area contributed by atoms with Crippen molar-refractivity contribution in [2.45, 2.75) is 75.0 Å². The predicted octanol–water partition coefficient (Wildman–Crippen LogP) is 15.2. The van der Waals surface area contributed by atoms with E-state index in [1.165, 1.54) is 159 Å². The maximum atomic E-state index is 2.82. The highest BCUT2D eigenvalue weighted by molar-refractivity contribution is 6.93. The van der Waals surface area contributed by atoms with Gasteiger partial charge in [0.1, 0.15) is 0 Å². The minimum atomic E-state index is -0.00897. The Hall–Kier alpha value is -6.58. The van der Waals surface area contributed by atoms with Gasteiger partial charge in [-0.2, -0.15) is 0 Å². The first kappa shape index (κ1) is 38.1. The fourth-order valence-electron chi connectivity index (χ4n) is 20.4. The molecule has 8 aromatic carbocycles. The lowest BCUT2D eigenvalue weighted by atomic mass is 9.38. The molecule has 3 heteroatoms. The summed E-state index contributed by atoms with van der Waals surface area (Å²) in [6, 6.07) is 68.9. The van der Waals surface area contributed by atoms with Gasteiger partial charge in [-0.15, -0.1) is 0 Å². The van der Waals surface area contributed by atoms with Crippen LogP contribution in [-0.4, -0.2) is 11.4 Å². The molecule has 2 nitrogen and oxygen atoms in total. The number of anilines is 2. The summed E-state index contributed by atoms with van der Waals surface area (Å²) in [6.07, 6.45) is 14.5. The second-order valence-electron chi connectivity index (χ2n) is 25.3. The molecule has 340 valence electrons. The highest BCUT2D eigenvalue weighted by atomic mass is 15.1. The van der Waals surface area contributed by atoms with Crippen molar-refractivity contribution < 1.29 is 0 Å². The van der Waals surface area contributed by atoms with Gasteiger partial charge in [-0.3, -0.25) is 0 Å². The van der Waals surface area contributed by atoms with Gasteiger partial charge in [-0.05, 0) is 237 Å². The van der Waals surface area contributed by atoms with Crippen molar-refractivity contribution in [3.63, 3.8) is 0 Å². The third-order valence-electron chi connectivity index (χ3n) is 23.0. The van der Waals surface area contributed by atoms with Gasteiger partial charge in [0.2, 0.25) is 0 Å².